The fourth-order valence-electron chi connectivity index (χ4n) is 1.33. The summed E-state index contributed by atoms with van der Waals surface area (Å²) >= 11 is 1.65. The van der Waals surface area contributed by atoms with Crippen LogP contribution in [-0.4, -0.2) is 28.4 Å². The fourth-order valence-corrected chi connectivity index (χ4v) is 1.55. The molecule has 3 N–H and O–H groups in total. The van der Waals surface area contributed by atoms with Gasteiger partial charge in [-0.15, -0.1) is 0 Å². The number of nitrogens with zero attached hydrogens (tertiary/aromatic N) is 1. The van der Waals surface area contributed by atoms with Crippen LogP contribution in [0, 0.1) is 10.1 Å². The van der Waals surface area contributed by atoms with Crippen LogP contribution >= 0.6 is 11.8 Å². The third kappa shape index (κ3) is 4.13. The Kier molecular flexibility index (Phi) is 4.77. The predicted octanol–water partition coefficient (Wildman–Crippen LogP) is 2.05. The van der Waals surface area contributed by atoms with Crippen molar-refractivity contribution in [2.45, 2.75) is 18.6 Å². The van der Waals surface area contributed by atoms with Gasteiger partial charge in [0.15, 0.2) is 0 Å². The summed E-state index contributed by atoms with van der Waals surface area (Å²) in [6, 6.07) is 3.96. The second-order valence-electron chi connectivity index (χ2n) is 4.68. The van der Waals surface area contributed by atoms with Crippen molar-refractivity contribution in [2.75, 3.05) is 18.5 Å². The van der Waals surface area contributed by atoms with E-state index < -0.39 is 4.92 Å². The van der Waals surface area contributed by atoms with Crippen LogP contribution in [0.5, 0.6) is 0 Å². The van der Waals surface area contributed by atoms with Crippen molar-refractivity contribution in [3.63, 3.8) is 0 Å². The van der Waals surface area contributed by atoms with Gasteiger partial charge in [0.2, 0.25) is 0 Å². The summed E-state index contributed by atoms with van der Waals surface area (Å²) < 4.78 is -0.0675. The molecule has 0 saturated carbocycles. The number of thioether (sulfide) groups is 1. The van der Waals surface area contributed by atoms with Crippen LogP contribution in [0.25, 0.3) is 0 Å². The van der Waals surface area contributed by atoms with Gasteiger partial charge in [0, 0.05) is 22.9 Å². The van der Waals surface area contributed by atoms with Gasteiger partial charge in [-0.2, -0.15) is 11.8 Å². The molecule has 1 aromatic carbocycles. The van der Waals surface area contributed by atoms with E-state index in [1.54, 1.807) is 11.8 Å². The minimum absolute atomic E-state index is 0.0122. The summed E-state index contributed by atoms with van der Waals surface area (Å²) in [5.74, 6) is -0.288. The lowest BCUT2D eigenvalue weighted by Gasteiger charge is -2.22. The van der Waals surface area contributed by atoms with E-state index in [2.05, 4.69) is 5.32 Å². The van der Waals surface area contributed by atoms with E-state index in [-0.39, 0.29) is 22.0 Å². The monoisotopic (exact) mass is 283 g/mol. The van der Waals surface area contributed by atoms with Crippen LogP contribution in [0.4, 0.5) is 11.4 Å². The molecule has 1 aromatic rings. The molecular formula is C12H17N3O3S. The Balaban J connectivity index is 2.79. The number of nitrogens with two attached hydrogens (primary N) is 1. The molecule has 0 aliphatic carbocycles. The number of anilines is 1. The molecule has 0 radical (unpaired) electrons. The number of nitro benzene ring substituents is 1. The van der Waals surface area contributed by atoms with Gasteiger partial charge in [-0.3, -0.25) is 14.9 Å². The number of nitrogen functional groups attached to an aromatic ring is 1. The number of nitro groups is 1. The lowest BCUT2D eigenvalue weighted by molar-refractivity contribution is -0.383. The van der Waals surface area contributed by atoms with Crippen LogP contribution < -0.4 is 11.1 Å². The number of rotatable bonds is 5. The first kappa shape index (κ1) is 15.3. The normalized spacial score (nSPS) is 11.1. The van der Waals surface area contributed by atoms with Gasteiger partial charge in [0.25, 0.3) is 11.6 Å². The Morgan fingerprint density at radius 3 is 2.63 bits per heavy atom. The highest BCUT2D eigenvalue weighted by molar-refractivity contribution is 7.99. The molecule has 19 heavy (non-hydrogen) atoms. The lowest BCUT2D eigenvalue weighted by atomic mass is 10.1. The third-order valence-corrected chi connectivity index (χ3v) is 3.96. The molecule has 0 unspecified atom stereocenters. The molecule has 0 spiro atoms. The average molecular weight is 283 g/mol. The summed E-state index contributed by atoms with van der Waals surface area (Å²) in [6.07, 6.45) is 1.97. The highest BCUT2D eigenvalue weighted by atomic mass is 32.2. The van der Waals surface area contributed by atoms with Gasteiger partial charge in [0.1, 0.15) is 5.69 Å². The molecule has 0 atom stereocenters. The van der Waals surface area contributed by atoms with Crippen molar-refractivity contribution in [1.82, 2.24) is 5.32 Å². The largest absolute Gasteiger partial charge is 0.393 e. The topological polar surface area (TPSA) is 98.3 Å². The average Bonchev–Trinajstić information content (AvgIpc) is 2.35. The molecule has 6 nitrogen and oxygen atoms in total. The van der Waals surface area contributed by atoms with Crippen molar-refractivity contribution in [1.29, 1.82) is 0 Å². The van der Waals surface area contributed by atoms with E-state index >= 15 is 0 Å². The Labute approximate surface area is 115 Å². The molecule has 1 rings (SSSR count). The van der Waals surface area contributed by atoms with Gasteiger partial charge in [-0.05, 0) is 32.2 Å². The highest BCUT2D eigenvalue weighted by Gasteiger charge is 2.19. The van der Waals surface area contributed by atoms with Crippen molar-refractivity contribution in [3.8, 4) is 0 Å². The Bertz CT molecular complexity index is 503. The van der Waals surface area contributed by atoms with Gasteiger partial charge in [-0.25, -0.2) is 0 Å². The van der Waals surface area contributed by atoms with E-state index in [1.165, 1.54) is 18.2 Å². The summed E-state index contributed by atoms with van der Waals surface area (Å²) in [5, 5.41) is 13.4. The van der Waals surface area contributed by atoms with Crippen LogP contribution in [0.1, 0.15) is 24.2 Å². The molecule has 1 amide bonds. The number of benzene rings is 1. The van der Waals surface area contributed by atoms with Crippen LogP contribution in [-0.2, 0) is 0 Å². The molecule has 104 valence electrons. The Morgan fingerprint density at radius 2 is 2.16 bits per heavy atom. The Hall–Kier alpha value is -1.76. The zero-order valence-electron chi connectivity index (χ0n) is 11.1. The SMILES string of the molecule is CSC(C)(C)CNC(=O)c1ccc([N+](=O)[O-])c(N)c1. The van der Waals surface area contributed by atoms with Crippen molar-refractivity contribution < 1.29 is 9.72 Å². The first-order valence-corrected chi connectivity index (χ1v) is 6.86. The minimum atomic E-state index is -0.576. The maximum Gasteiger partial charge on any atom is 0.292 e. The summed E-state index contributed by atoms with van der Waals surface area (Å²) in [4.78, 5) is 21.9. The standard InChI is InChI=1S/C12H17N3O3S/c1-12(2,19-3)7-14-11(16)8-4-5-10(15(17)18)9(13)6-8/h4-6H,7,13H2,1-3H3,(H,14,16). The first-order valence-electron chi connectivity index (χ1n) is 5.64. The Morgan fingerprint density at radius 1 is 1.53 bits per heavy atom. The van der Waals surface area contributed by atoms with Crippen LogP contribution in [0.3, 0.4) is 0 Å². The fraction of sp³-hybridized carbons (Fsp3) is 0.417. The number of hydrogen-bond acceptors (Lipinski definition) is 5. The molecule has 7 heteroatoms. The molecular weight excluding hydrogens is 266 g/mol. The molecule has 0 aromatic heterocycles. The zero-order valence-corrected chi connectivity index (χ0v) is 11.9. The van der Waals surface area contributed by atoms with Crippen LogP contribution in [0.2, 0.25) is 0 Å². The van der Waals surface area contributed by atoms with Crippen molar-refractivity contribution in [2.24, 2.45) is 0 Å². The number of amides is 1. The molecule has 0 aliphatic rings. The van der Waals surface area contributed by atoms with E-state index in [4.69, 9.17) is 5.73 Å². The van der Waals surface area contributed by atoms with E-state index in [9.17, 15) is 14.9 Å². The number of carbonyl (C=O) groups excluding carboxylic acids is 1. The minimum Gasteiger partial charge on any atom is -0.393 e. The van der Waals surface area contributed by atoms with Gasteiger partial charge in [-0.1, -0.05) is 0 Å². The lowest BCUT2D eigenvalue weighted by Crippen LogP contribution is -2.36. The maximum absolute atomic E-state index is 11.9. The van der Waals surface area contributed by atoms with Gasteiger partial charge >= 0.3 is 0 Å². The van der Waals surface area contributed by atoms with Crippen molar-refractivity contribution in [3.05, 3.63) is 33.9 Å². The first-order chi connectivity index (χ1) is 8.76. The highest BCUT2D eigenvalue weighted by Crippen LogP contribution is 2.23. The smallest absolute Gasteiger partial charge is 0.292 e. The molecule has 0 saturated heterocycles. The second kappa shape index (κ2) is 5.92. The van der Waals surface area contributed by atoms with Crippen LogP contribution in [0.15, 0.2) is 18.2 Å². The van der Waals surface area contributed by atoms with E-state index in [0.717, 1.165) is 0 Å². The van der Waals surface area contributed by atoms with Crippen molar-refractivity contribution >= 4 is 29.0 Å². The van der Waals surface area contributed by atoms with Gasteiger partial charge < -0.3 is 11.1 Å². The molecule has 0 aliphatic heterocycles. The van der Waals surface area contributed by atoms with Gasteiger partial charge in [0.05, 0.1) is 4.92 Å². The maximum atomic E-state index is 11.9. The molecule has 0 fully saturated rings. The number of nitrogens with one attached hydrogen (secondary N) is 1. The predicted molar refractivity (Wildman–Crippen MR) is 77.4 cm³/mol. The summed E-state index contributed by atoms with van der Waals surface area (Å²) in [6.45, 7) is 4.54. The summed E-state index contributed by atoms with van der Waals surface area (Å²) in [5.41, 5.74) is 5.66. The summed E-state index contributed by atoms with van der Waals surface area (Å²) in [7, 11) is 0. The molecule has 0 heterocycles. The third-order valence-electron chi connectivity index (χ3n) is 2.71. The number of carbonyl (C=O) groups is 1. The molecule has 0 bridgehead atoms. The van der Waals surface area contributed by atoms with E-state index in [0.29, 0.717) is 12.1 Å². The van der Waals surface area contributed by atoms with E-state index in [1.807, 2.05) is 20.1 Å². The quantitative estimate of drug-likeness (QED) is 0.489. The second-order valence-corrected chi connectivity index (χ2v) is 6.19. The number of hydrogen-bond donors (Lipinski definition) is 2. The zero-order chi connectivity index (χ0) is 14.6.